The smallest absolute Gasteiger partial charge is 0.223 e. The fraction of sp³-hybridized carbons (Fsp3) is 0.867. The van der Waals surface area contributed by atoms with Gasteiger partial charge in [-0.2, -0.15) is 0 Å². The van der Waals surface area contributed by atoms with Gasteiger partial charge in [0.25, 0.3) is 0 Å². The molecular formula is C15H26N2O2. The van der Waals surface area contributed by atoms with Crippen LogP contribution in [0.1, 0.15) is 46.0 Å². The summed E-state index contributed by atoms with van der Waals surface area (Å²) in [4.78, 5) is 28.2. The van der Waals surface area contributed by atoms with Crippen molar-refractivity contribution < 1.29 is 9.59 Å². The molecular weight excluding hydrogens is 240 g/mol. The molecule has 0 bridgehead atoms. The topological polar surface area (TPSA) is 40.6 Å². The number of piperidine rings is 1. The zero-order chi connectivity index (χ0) is 14.0. The Kier molecular flexibility index (Phi) is 4.29. The number of nitrogens with zero attached hydrogens (tertiary/aromatic N) is 2. The van der Waals surface area contributed by atoms with Crippen molar-refractivity contribution in [2.75, 3.05) is 26.7 Å². The van der Waals surface area contributed by atoms with Crippen LogP contribution in [0.2, 0.25) is 0 Å². The van der Waals surface area contributed by atoms with Crippen LogP contribution in [-0.2, 0) is 9.59 Å². The molecule has 0 aromatic rings. The Labute approximate surface area is 116 Å². The van der Waals surface area contributed by atoms with E-state index in [0.29, 0.717) is 25.3 Å². The Bertz CT molecular complexity index is 357. The molecule has 2 aliphatic rings. The average Bonchev–Trinajstić information content (AvgIpc) is 2.63. The number of likely N-dealkylation sites (tertiary alicyclic amines) is 2. The summed E-state index contributed by atoms with van der Waals surface area (Å²) in [7, 11) is 2.15. The van der Waals surface area contributed by atoms with Crippen LogP contribution in [0, 0.1) is 5.92 Å². The van der Waals surface area contributed by atoms with Gasteiger partial charge < -0.3 is 9.80 Å². The fourth-order valence-electron chi connectivity index (χ4n) is 3.20. The van der Waals surface area contributed by atoms with Crippen LogP contribution in [0.3, 0.4) is 0 Å². The quantitative estimate of drug-likeness (QED) is 0.780. The zero-order valence-corrected chi connectivity index (χ0v) is 12.4. The van der Waals surface area contributed by atoms with Crippen molar-refractivity contribution in [3.05, 3.63) is 0 Å². The van der Waals surface area contributed by atoms with E-state index in [2.05, 4.69) is 11.9 Å². The molecule has 0 aliphatic carbocycles. The zero-order valence-electron chi connectivity index (χ0n) is 12.4. The summed E-state index contributed by atoms with van der Waals surface area (Å²) in [5, 5.41) is 0. The molecule has 0 N–H and O–H groups in total. The number of ketones is 1. The Balaban J connectivity index is 1.80. The third-order valence-corrected chi connectivity index (χ3v) is 4.83. The molecule has 0 aromatic heterocycles. The van der Waals surface area contributed by atoms with Crippen molar-refractivity contribution in [1.29, 1.82) is 0 Å². The first kappa shape index (κ1) is 14.5. The molecule has 4 heteroatoms. The molecule has 0 aromatic carbocycles. The van der Waals surface area contributed by atoms with Gasteiger partial charge in [-0.05, 0) is 59.2 Å². The summed E-state index contributed by atoms with van der Waals surface area (Å²) in [6.07, 6.45) is 4.50. The first-order valence-electron chi connectivity index (χ1n) is 7.43. The second-order valence-electron chi connectivity index (χ2n) is 6.56. The summed E-state index contributed by atoms with van der Waals surface area (Å²) in [6.45, 7) is 6.64. The van der Waals surface area contributed by atoms with Crippen molar-refractivity contribution in [1.82, 2.24) is 9.80 Å². The summed E-state index contributed by atoms with van der Waals surface area (Å²) in [6, 6.07) is 0. The van der Waals surface area contributed by atoms with Crippen molar-refractivity contribution in [2.45, 2.75) is 51.5 Å². The van der Waals surface area contributed by atoms with E-state index in [1.54, 1.807) is 4.90 Å². The van der Waals surface area contributed by atoms with Crippen LogP contribution >= 0.6 is 0 Å². The Morgan fingerprint density at radius 2 is 1.89 bits per heavy atom. The molecule has 2 fully saturated rings. The van der Waals surface area contributed by atoms with Gasteiger partial charge >= 0.3 is 0 Å². The summed E-state index contributed by atoms with van der Waals surface area (Å²) >= 11 is 0. The third-order valence-electron chi connectivity index (χ3n) is 4.83. The second-order valence-corrected chi connectivity index (χ2v) is 6.56. The molecule has 2 saturated heterocycles. The Hall–Kier alpha value is -0.900. The van der Waals surface area contributed by atoms with E-state index in [4.69, 9.17) is 0 Å². The largest absolute Gasteiger partial charge is 0.330 e. The number of carbonyl (C=O) groups is 2. The van der Waals surface area contributed by atoms with Gasteiger partial charge in [0.1, 0.15) is 0 Å². The van der Waals surface area contributed by atoms with Crippen LogP contribution in [-0.4, -0.2) is 53.7 Å². The summed E-state index contributed by atoms with van der Waals surface area (Å²) in [5.74, 6) is 1.04. The number of carbonyl (C=O) groups excluding carboxylic acids is 2. The monoisotopic (exact) mass is 266 g/mol. The molecule has 2 rings (SSSR count). The third kappa shape index (κ3) is 3.16. The SMILES string of the molecule is CN1CCC(CCC(=O)N2CCC(=O)C2(C)C)CC1. The van der Waals surface area contributed by atoms with Crippen LogP contribution in [0.5, 0.6) is 0 Å². The van der Waals surface area contributed by atoms with Gasteiger partial charge in [-0.25, -0.2) is 0 Å². The molecule has 2 aliphatic heterocycles. The number of Topliss-reactive ketones (excluding diaryl/α,β-unsaturated/α-hetero) is 1. The molecule has 108 valence electrons. The maximum atomic E-state index is 12.3. The van der Waals surface area contributed by atoms with Crippen LogP contribution < -0.4 is 0 Å². The van der Waals surface area contributed by atoms with Crippen molar-refractivity contribution in [3.8, 4) is 0 Å². The van der Waals surface area contributed by atoms with Gasteiger partial charge in [-0.1, -0.05) is 0 Å². The molecule has 0 radical (unpaired) electrons. The average molecular weight is 266 g/mol. The molecule has 4 nitrogen and oxygen atoms in total. The highest BCUT2D eigenvalue weighted by atomic mass is 16.2. The van der Waals surface area contributed by atoms with E-state index >= 15 is 0 Å². The van der Waals surface area contributed by atoms with E-state index in [-0.39, 0.29) is 11.7 Å². The Morgan fingerprint density at radius 1 is 1.26 bits per heavy atom. The van der Waals surface area contributed by atoms with Gasteiger partial charge in [0.15, 0.2) is 5.78 Å². The van der Waals surface area contributed by atoms with Crippen molar-refractivity contribution >= 4 is 11.7 Å². The van der Waals surface area contributed by atoms with E-state index in [9.17, 15) is 9.59 Å². The lowest BCUT2D eigenvalue weighted by atomic mass is 9.92. The number of hydrogen-bond donors (Lipinski definition) is 0. The van der Waals surface area contributed by atoms with Crippen LogP contribution in [0.25, 0.3) is 0 Å². The van der Waals surface area contributed by atoms with Gasteiger partial charge in [0.05, 0.1) is 5.54 Å². The molecule has 2 heterocycles. The maximum absolute atomic E-state index is 12.3. The van der Waals surface area contributed by atoms with Gasteiger partial charge in [0, 0.05) is 19.4 Å². The highest BCUT2D eigenvalue weighted by Gasteiger charge is 2.42. The second kappa shape index (κ2) is 5.61. The molecule has 0 saturated carbocycles. The standard InChI is InChI=1S/C15H26N2O2/c1-15(2)13(18)8-11-17(15)14(19)5-4-12-6-9-16(3)10-7-12/h12H,4-11H2,1-3H3. The minimum atomic E-state index is -0.579. The molecule has 0 unspecified atom stereocenters. The fourth-order valence-corrected chi connectivity index (χ4v) is 3.20. The minimum Gasteiger partial charge on any atom is -0.330 e. The van der Waals surface area contributed by atoms with Crippen LogP contribution in [0.4, 0.5) is 0 Å². The number of rotatable bonds is 3. The highest BCUT2D eigenvalue weighted by Crippen LogP contribution is 2.27. The van der Waals surface area contributed by atoms with Crippen LogP contribution in [0.15, 0.2) is 0 Å². The van der Waals surface area contributed by atoms with Gasteiger partial charge in [-0.3, -0.25) is 9.59 Å². The number of amides is 1. The highest BCUT2D eigenvalue weighted by molar-refractivity contribution is 5.95. The maximum Gasteiger partial charge on any atom is 0.223 e. The lowest BCUT2D eigenvalue weighted by Crippen LogP contribution is -2.46. The normalized spacial score (nSPS) is 25.0. The molecule has 0 atom stereocenters. The predicted molar refractivity (Wildman–Crippen MR) is 74.9 cm³/mol. The van der Waals surface area contributed by atoms with Crippen molar-refractivity contribution in [3.63, 3.8) is 0 Å². The molecule has 19 heavy (non-hydrogen) atoms. The van der Waals surface area contributed by atoms with Gasteiger partial charge in [-0.15, -0.1) is 0 Å². The van der Waals surface area contributed by atoms with Crippen molar-refractivity contribution in [2.24, 2.45) is 5.92 Å². The first-order valence-corrected chi connectivity index (χ1v) is 7.43. The molecule has 0 spiro atoms. The summed E-state index contributed by atoms with van der Waals surface area (Å²) in [5.41, 5.74) is -0.579. The lowest BCUT2D eigenvalue weighted by Gasteiger charge is -2.32. The van der Waals surface area contributed by atoms with Gasteiger partial charge in [0.2, 0.25) is 5.91 Å². The number of hydrogen-bond acceptors (Lipinski definition) is 3. The van der Waals surface area contributed by atoms with E-state index < -0.39 is 5.54 Å². The van der Waals surface area contributed by atoms with E-state index in [1.165, 1.54) is 12.8 Å². The summed E-state index contributed by atoms with van der Waals surface area (Å²) < 4.78 is 0. The Morgan fingerprint density at radius 3 is 2.42 bits per heavy atom. The van der Waals surface area contributed by atoms with E-state index in [0.717, 1.165) is 19.5 Å². The first-order chi connectivity index (χ1) is 8.91. The lowest BCUT2D eigenvalue weighted by molar-refractivity contribution is -0.139. The van der Waals surface area contributed by atoms with E-state index in [1.807, 2.05) is 13.8 Å². The predicted octanol–water partition coefficient (Wildman–Crippen LogP) is 1.69. The minimum absolute atomic E-state index is 0.162. The molecule has 1 amide bonds.